The maximum atomic E-state index is 4.88. The molecule has 2 aromatic carbocycles. The molecule has 0 bridgehead atoms. The van der Waals surface area contributed by atoms with Crippen LogP contribution in [0.3, 0.4) is 0 Å². The number of hydrogen-bond donors (Lipinski definition) is 1. The number of para-hydroxylation sites is 2. The van der Waals surface area contributed by atoms with Gasteiger partial charge in [-0.25, -0.2) is 4.98 Å². The van der Waals surface area contributed by atoms with Crippen molar-refractivity contribution in [3.05, 3.63) is 66.5 Å². The molecule has 5 heteroatoms. The molecule has 2 aliphatic rings. The number of rotatable bonds is 3. The first-order valence-electron chi connectivity index (χ1n) is 11.5. The summed E-state index contributed by atoms with van der Waals surface area (Å²) in [5.41, 5.74) is 5.10. The number of benzene rings is 2. The third-order valence-electron chi connectivity index (χ3n) is 7.40. The van der Waals surface area contributed by atoms with Crippen molar-refractivity contribution in [3.63, 3.8) is 0 Å². The molecule has 0 radical (unpaired) electrons. The van der Waals surface area contributed by atoms with Gasteiger partial charge < -0.3 is 9.88 Å². The van der Waals surface area contributed by atoms with Crippen molar-refractivity contribution in [2.24, 2.45) is 5.41 Å². The molecule has 158 valence electrons. The van der Waals surface area contributed by atoms with Crippen LogP contribution in [0.1, 0.15) is 31.2 Å². The summed E-state index contributed by atoms with van der Waals surface area (Å²) in [6, 6.07) is 17.0. The number of nitrogens with zero attached hydrogens (tertiary/aromatic N) is 4. The lowest BCUT2D eigenvalue weighted by molar-refractivity contribution is 0.0607. The molecule has 1 spiro atoms. The molecule has 4 aromatic rings. The van der Waals surface area contributed by atoms with Crippen LogP contribution in [0.4, 0.5) is 5.82 Å². The lowest BCUT2D eigenvalue weighted by atomic mass is 9.72. The fourth-order valence-corrected chi connectivity index (χ4v) is 5.69. The summed E-state index contributed by atoms with van der Waals surface area (Å²) in [5, 5.41) is 1.37. The molecule has 6 rings (SSSR count). The zero-order valence-electron chi connectivity index (χ0n) is 17.9. The van der Waals surface area contributed by atoms with Gasteiger partial charge in [0, 0.05) is 43.3 Å². The van der Waals surface area contributed by atoms with Gasteiger partial charge in [-0.1, -0.05) is 24.3 Å². The molecule has 1 N–H and O–H groups in total. The van der Waals surface area contributed by atoms with E-state index in [1.54, 1.807) is 0 Å². The molecule has 2 fully saturated rings. The van der Waals surface area contributed by atoms with Gasteiger partial charge in [0.25, 0.3) is 0 Å². The van der Waals surface area contributed by atoms with Crippen LogP contribution in [0, 0.1) is 5.41 Å². The Labute approximate surface area is 183 Å². The molecule has 4 heterocycles. The van der Waals surface area contributed by atoms with Gasteiger partial charge in [0.15, 0.2) is 0 Å². The van der Waals surface area contributed by atoms with Crippen LogP contribution in [0.2, 0.25) is 0 Å². The van der Waals surface area contributed by atoms with Gasteiger partial charge in [0.1, 0.15) is 5.82 Å². The van der Waals surface area contributed by atoms with E-state index in [4.69, 9.17) is 4.98 Å². The number of anilines is 1. The number of aromatic amines is 1. The SMILES string of the molecule is c1ccc2nc(N3CCC4(CCCN(Cc5cccc6[nH]ccc56)C4)CC3)cnc2c1. The minimum Gasteiger partial charge on any atom is -0.361 e. The van der Waals surface area contributed by atoms with Crippen LogP contribution >= 0.6 is 0 Å². The smallest absolute Gasteiger partial charge is 0.147 e. The fourth-order valence-electron chi connectivity index (χ4n) is 5.69. The molecule has 0 amide bonds. The quantitative estimate of drug-likeness (QED) is 0.516. The summed E-state index contributed by atoms with van der Waals surface area (Å²) < 4.78 is 0. The van der Waals surface area contributed by atoms with Gasteiger partial charge in [-0.2, -0.15) is 0 Å². The van der Waals surface area contributed by atoms with Crippen molar-refractivity contribution < 1.29 is 0 Å². The Morgan fingerprint density at radius 3 is 2.68 bits per heavy atom. The van der Waals surface area contributed by atoms with E-state index in [1.807, 2.05) is 24.4 Å². The van der Waals surface area contributed by atoms with Crippen LogP contribution in [-0.2, 0) is 6.54 Å². The highest BCUT2D eigenvalue weighted by atomic mass is 15.2. The van der Waals surface area contributed by atoms with Crippen LogP contribution in [0.15, 0.2) is 60.9 Å². The number of piperidine rings is 2. The Morgan fingerprint density at radius 1 is 0.903 bits per heavy atom. The number of H-pyrrole nitrogens is 1. The van der Waals surface area contributed by atoms with Gasteiger partial charge in [0.05, 0.1) is 17.2 Å². The Morgan fingerprint density at radius 2 is 1.77 bits per heavy atom. The van der Waals surface area contributed by atoms with Crippen LogP contribution in [0.5, 0.6) is 0 Å². The van der Waals surface area contributed by atoms with E-state index in [0.29, 0.717) is 5.41 Å². The molecule has 0 atom stereocenters. The molecule has 5 nitrogen and oxygen atoms in total. The predicted molar refractivity (Wildman–Crippen MR) is 126 cm³/mol. The Bertz CT molecular complexity index is 1200. The lowest BCUT2D eigenvalue weighted by Gasteiger charge is -2.48. The molecular formula is C26H29N5. The lowest BCUT2D eigenvalue weighted by Crippen LogP contribution is -2.49. The predicted octanol–water partition coefficient (Wildman–Crippen LogP) is 4.99. The first-order valence-corrected chi connectivity index (χ1v) is 11.5. The van der Waals surface area contributed by atoms with Crippen LogP contribution < -0.4 is 4.90 Å². The maximum absolute atomic E-state index is 4.88. The van der Waals surface area contributed by atoms with E-state index in [-0.39, 0.29) is 0 Å². The van der Waals surface area contributed by atoms with Crippen molar-refractivity contribution in [3.8, 4) is 0 Å². The second-order valence-corrected chi connectivity index (χ2v) is 9.37. The number of hydrogen-bond acceptors (Lipinski definition) is 4. The van der Waals surface area contributed by atoms with E-state index < -0.39 is 0 Å². The first kappa shape index (κ1) is 18.8. The normalized spacial score (nSPS) is 19.4. The minimum absolute atomic E-state index is 0.449. The topological polar surface area (TPSA) is 48.1 Å². The van der Waals surface area contributed by atoms with E-state index >= 15 is 0 Å². The number of aromatic nitrogens is 3. The summed E-state index contributed by atoms with van der Waals surface area (Å²) in [4.78, 5) is 18.0. The van der Waals surface area contributed by atoms with Gasteiger partial charge in [-0.05, 0) is 67.5 Å². The summed E-state index contributed by atoms with van der Waals surface area (Å²) in [6.07, 6.45) is 9.15. The third-order valence-corrected chi connectivity index (χ3v) is 7.40. The minimum atomic E-state index is 0.449. The molecular weight excluding hydrogens is 382 g/mol. The number of likely N-dealkylation sites (tertiary alicyclic amines) is 1. The Kier molecular flexibility index (Phi) is 4.64. The molecule has 2 aliphatic heterocycles. The zero-order valence-corrected chi connectivity index (χ0v) is 17.9. The molecule has 2 aromatic heterocycles. The van der Waals surface area contributed by atoms with Crippen LogP contribution in [0.25, 0.3) is 21.9 Å². The van der Waals surface area contributed by atoms with E-state index in [2.05, 4.69) is 56.3 Å². The highest BCUT2D eigenvalue weighted by Crippen LogP contribution is 2.41. The van der Waals surface area contributed by atoms with Crippen molar-refractivity contribution in [2.75, 3.05) is 31.1 Å². The third kappa shape index (κ3) is 3.57. The number of fused-ring (bicyclic) bond motifs is 2. The molecule has 2 saturated heterocycles. The van der Waals surface area contributed by atoms with Crippen molar-refractivity contribution in [1.29, 1.82) is 0 Å². The Balaban J connectivity index is 1.15. The highest BCUT2D eigenvalue weighted by molar-refractivity contribution is 5.82. The zero-order chi connectivity index (χ0) is 20.7. The molecule has 0 saturated carbocycles. The summed E-state index contributed by atoms with van der Waals surface area (Å²) >= 11 is 0. The number of nitrogens with one attached hydrogen (secondary N) is 1. The second-order valence-electron chi connectivity index (χ2n) is 9.37. The molecule has 0 unspecified atom stereocenters. The van der Waals surface area contributed by atoms with Gasteiger partial charge in [-0.15, -0.1) is 0 Å². The van der Waals surface area contributed by atoms with Crippen molar-refractivity contribution in [2.45, 2.75) is 32.2 Å². The largest absolute Gasteiger partial charge is 0.361 e. The van der Waals surface area contributed by atoms with Crippen molar-refractivity contribution >= 4 is 27.8 Å². The first-order chi connectivity index (χ1) is 15.3. The fraction of sp³-hybridized carbons (Fsp3) is 0.385. The average molecular weight is 412 g/mol. The van der Waals surface area contributed by atoms with Gasteiger partial charge in [0.2, 0.25) is 0 Å². The summed E-state index contributed by atoms with van der Waals surface area (Å²) in [6.45, 7) is 5.63. The highest BCUT2D eigenvalue weighted by Gasteiger charge is 2.38. The van der Waals surface area contributed by atoms with E-state index in [9.17, 15) is 0 Å². The summed E-state index contributed by atoms with van der Waals surface area (Å²) in [7, 11) is 0. The monoisotopic (exact) mass is 411 g/mol. The van der Waals surface area contributed by atoms with Gasteiger partial charge >= 0.3 is 0 Å². The van der Waals surface area contributed by atoms with E-state index in [1.165, 1.54) is 55.2 Å². The van der Waals surface area contributed by atoms with E-state index in [0.717, 1.165) is 36.5 Å². The van der Waals surface area contributed by atoms with Crippen molar-refractivity contribution in [1.82, 2.24) is 19.9 Å². The molecule has 31 heavy (non-hydrogen) atoms. The standard InChI is InChI=1S/C26H29N5/c1-2-7-24-23(6-1)28-17-25(29-24)31-15-11-26(12-16-31)10-4-14-30(19-26)18-20-5-3-8-22-21(20)9-13-27-22/h1-3,5-9,13,17,27H,4,10-12,14-16,18-19H2. The average Bonchev–Trinajstić information content (AvgIpc) is 3.30. The Hall–Kier alpha value is -2.92. The summed E-state index contributed by atoms with van der Waals surface area (Å²) in [5.74, 6) is 1.03. The van der Waals surface area contributed by atoms with Crippen LogP contribution in [-0.4, -0.2) is 46.0 Å². The second kappa shape index (κ2) is 7.65. The maximum Gasteiger partial charge on any atom is 0.147 e. The molecule has 0 aliphatic carbocycles. The van der Waals surface area contributed by atoms with Gasteiger partial charge in [-0.3, -0.25) is 9.88 Å².